The molecule has 0 unspecified atom stereocenters. The molecular formula is C19H19N5O. The highest BCUT2D eigenvalue weighted by molar-refractivity contribution is 5.77. The normalized spacial score (nSPS) is 12.5. The van der Waals surface area contributed by atoms with Gasteiger partial charge in [-0.3, -0.25) is 4.79 Å². The van der Waals surface area contributed by atoms with Crippen molar-refractivity contribution >= 4 is 22.6 Å². The maximum absolute atomic E-state index is 12.2. The molecule has 0 spiro atoms. The number of pyridine rings is 1. The van der Waals surface area contributed by atoms with Gasteiger partial charge in [0.05, 0.1) is 22.8 Å². The summed E-state index contributed by atoms with van der Waals surface area (Å²) in [5.41, 5.74) is 3.69. The number of para-hydroxylation sites is 2. The van der Waals surface area contributed by atoms with Gasteiger partial charge in [0.1, 0.15) is 11.5 Å². The molecule has 1 amide bonds. The second-order valence-corrected chi connectivity index (χ2v) is 6.13. The number of nitrogens with zero attached hydrogens (tertiary/aromatic N) is 3. The molecule has 4 aromatic rings. The van der Waals surface area contributed by atoms with E-state index in [1.807, 2.05) is 66.2 Å². The Labute approximate surface area is 144 Å². The summed E-state index contributed by atoms with van der Waals surface area (Å²) in [6, 6.07) is 13.5. The average Bonchev–Trinajstić information content (AvgIpc) is 3.23. The molecule has 126 valence electrons. The van der Waals surface area contributed by atoms with E-state index in [2.05, 4.69) is 20.3 Å². The van der Waals surface area contributed by atoms with E-state index in [0.717, 1.165) is 28.2 Å². The van der Waals surface area contributed by atoms with Gasteiger partial charge in [-0.15, -0.1) is 0 Å². The molecule has 3 heterocycles. The Morgan fingerprint density at radius 1 is 1.20 bits per heavy atom. The lowest BCUT2D eigenvalue weighted by molar-refractivity contribution is -0.121. The number of aromatic nitrogens is 4. The Morgan fingerprint density at radius 3 is 2.88 bits per heavy atom. The molecule has 0 fully saturated rings. The summed E-state index contributed by atoms with van der Waals surface area (Å²) in [7, 11) is 0. The number of benzene rings is 1. The van der Waals surface area contributed by atoms with Crippen LogP contribution in [0.25, 0.3) is 16.7 Å². The highest BCUT2D eigenvalue weighted by Gasteiger charge is 2.14. The van der Waals surface area contributed by atoms with E-state index in [1.54, 1.807) is 0 Å². The smallest absolute Gasteiger partial charge is 0.220 e. The zero-order valence-electron chi connectivity index (χ0n) is 13.9. The third kappa shape index (κ3) is 3.24. The first-order valence-electron chi connectivity index (χ1n) is 8.36. The third-order valence-electron chi connectivity index (χ3n) is 4.22. The molecule has 2 N–H and O–H groups in total. The van der Waals surface area contributed by atoms with Crippen molar-refractivity contribution < 1.29 is 4.79 Å². The minimum atomic E-state index is -0.166. The third-order valence-corrected chi connectivity index (χ3v) is 4.22. The van der Waals surface area contributed by atoms with Crippen molar-refractivity contribution in [1.29, 1.82) is 0 Å². The van der Waals surface area contributed by atoms with Crippen molar-refractivity contribution in [2.24, 2.45) is 0 Å². The van der Waals surface area contributed by atoms with Gasteiger partial charge in [0.15, 0.2) is 0 Å². The Morgan fingerprint density at radius 2 is 2.04 bits per heavy atom. The van der Waals surface area contributed by atoms with Gasteiger partial charge in [0.25, 0.3) is 0 Å². The quantitative estimate of drug-likeness (QED) is 0.589. The molecule has 0 aliphatic rings. The predicted molar refractivity (Wildman–Crippen MR) is 96.2 cm³/mol. The molecule has 0 aliphatic carbocycles. The molecule has 1 atom stereocenters. The van der Waals surface area contributed by atoms with Crippen LogP contribution in [0.3, 0.4) is 0 Å². The van der Waals surface area contributed by atoms with E-state index in [0.29, 0.717) is 12.8 Å². The number of carbonyl (C=O) groups is 1. The number of H-pyrrole nitrogens is 1. The van der Waals surface area contributed by atoms with Crippen molar-refractivity contribution in [3.63, 3.8) is 0 Å². The van der Waals surface area contributed by atoms with E-state index in [1.165, 1.54) is 0 Å². The molecule has 0 aliphatic heterocycles. The number of aryl methyl sites for hydroxylation is 1. The van der Waals surface area contributed by atoms with Crippen LogP contribution < -0.4 is 5.32 Å². The highest BCUT2D eigenvalue weighted by Crippen LogP contribution is 2.15. The van der Waals surface area contributed by atoms with Crippen LogP contribution in [0.4, 0.5) is 0 Å². The lowest BCUT2D eigenvalue weighted by Gasteiger charge is -2.10. The maximum Gasteiger partial charge on any atom is 0.220 e. The SMILES string of the molecule is C[C@@H](NC(=O)CCc1cn2ccccc2n1)c1nc2ccccc2[nH]1. The minimum absolute atomic E-state index is 0.00925. The second kappa shape index (κ2) is 6.39. The van der Waals surface area contributed by atoms with E-state index >= 15 is 0 Å². The summed E-state index contributed by atoms with van der Waals surface area (Å²) in [6.45, 7) is 1.93. The Bertz CT molecular complexity index is 966. The first-order chi connectivity index (χ1) is 12.2. The number of hydrogen-bond donors (Lipinski definition) is 2. The summed E-state index contributed by atoms with van der Waals surface area (Å²) in [4.78, 5) is 24.5. The molecule has 4 rings (SSSR count). The number of nitrogens with one attached hydrogen (secondary N) is 2. The van der Waals surface area contributed by atoms with Gasteiger partial charge in [0.2, 0.25) is 5.91 Å². The zero-order chi connectivity index (χ0) is 17.2. The topological polar surface area (TPSA) is 75.1 Å². The molecule has 1 aromatic carbocycles. The molecule has 3 aromatic heterocycles. The van der Waals surface area contributed by atoms with Crippen molar-refractivity contribution in [3.8, 4) is 0 Å². The Balaban J connectivity index is 1.37. The summed E-state index contributed by atoms with van der Waals surface area (Å²) < 4.78 is 1.96. The number of amides is 1. The summed E-state index contributed by atoms with van der Waals surface area (Å²) in [5.74, 6) is 0.757. The number of aromatic amines is 1. The van der Waals surface area contributed by atoms with E-state index in [9.17, 15) is 4.79 Å². The minimum Gasteiger partial charge on any atom is -0.346 e. The first-order valence-corrected chi connectivity index (χ1v) is 8.36. The van der Waals surface area contributed by atoms with Gasteiger partial charge in [-0.1, -0.05) is 18.2 Å². The van der Waals surface area contributed by atoms with Crippen LogP contribution in [0.2, 0.25) is 0 Å². The first kappa shape index (κ1) is 15.4. The van der Waals surface area contributed by atoms with Crippen LogP contribution in [0.15, 0.2) is 54.9 Å². The van der Waals surface area contributed by atoms with Crippen LogP contribution in [0.5, 0.6) is 0 Å². The van der Waals surface area contributed by atoms with Crippen molar-refractivity contribution in [3.05, 3.63) is 66.4 Å². The molecule has 0 saturated carbocycles. The van der Waals surface area contributed by atoms with E-state index < -0.39 is 0 Å². The lowest BCUT2D eigenvalue weighted by atomic mass is 10.2. The number of rotatable bonds is 5. The number of hydrogen-bond acceptors (Lipinski definition) is 3. The molecule has 6 heteroatoms. The van der Waals surface area contributed by atoms with Crippen LogP contribution in [-0.4, -0.2) is 25.3 Å². The number of carbonyl (C=O) groups excluding carboxylic acids is 1. The monoisotopic (exact) mass is 333 g/mol. The van der Waals surface area contributed by atoms with Gasteiger partial charge >= 0.3 is 0 Å². The molecule has 0 radical (unpaired) electrons. The fourth-order valence-corrected chi connectivity index (χ4v) is 2.91. The van der Waals surface area contributed by atoms with Gasteiger partial charge in [-0.05, 0) is 37.6 Å². The second-order valence-electron chi connectivity index (χ2n) is 6.13. The van der Waals surface area contributed by atoms with E-state index in [4.69, 9.17) is 0 Å². The predicted octanol–water partition coefficient (Wildman–Crippen LogP) is 3.02. The van der Waals surface area contributed by atoms with Crippen LogP contribution in [0.1, 0.15) is 30.9 Å². The molecular weight excluding hydrogens is 314 g/mol. The fourth-order valence-electron chi connectivity index (χ4n) is 2.91. The van der Waals surface area contributed by atoms with Crippen molar-refractivity contribution in [2.75, 3.05) is 0 Å². The van der Waals surface area contributed by atoms with Gasteiger partial charge in [-0.25, -0.2) is 9.97 Å². The Kier molecular flexibility index (Phi) is 3.93. The summed E-state index contributed by atoms with van der Waals surface area (Å²) in [5, 5.41) is 2.99. The van der Waals surface area contributed by atoms with Crippen molar-refractivity contribution in [1.82, 2.24) is 24.7 Å². The summed E-state index contributed by atoms with van der Waals surface area (Å²) >= 11 is 0. The molecule has 0 saturated heterocycles. The highest BCUT2D eigenvalue weighted by atomic mass is 16.1. The molecule has 6 nitrogen and oxygen atoms in total. The van der Waals surface area contributed by atoms with Gasteiger partial charge in [-0.2, -0.15) is 0 Å². The largest absolute Gasteiger partial charge is 0.346 e. The lowest BCUT2D eigenvalue weighted by Crippen LogP contribution is -2.27. The fraction of sp³-hybridized carbons (Fsp3) is 0.211. The summed E-state index contributed by atoms with van der Waals surface area (Å²) in [6.07, 6.45) is 4.93. The van der Waals surface area contributed by atoms with Crippen LogP contribution in [0, 0.1) is 0 Å². The van der Waals surface area contributed by atoms with Crippen molar-refractivity contribution in [2.45, 2.75) is 25.8 Å². The van der Waals surface area contributed by atoms with Crippen LogP contribution in [-0.2, 0) is 11.2 Å². The number of fused-ring (bicyclic) bond motifs is 2. The Hall–Kier alpha value is -3.15. The maximum atomic E-state index is 12.2. The van der Waals surface area contributed by atoms with Gasteiger partial charge < -0.3 is 14.7 Å². The number of imidazole rings is 2. The van der Waals surface area contributed by atoms with E-state index in [-0.39, 0.29) is 11.9 Å². The van der Waals surface area contributed by atoms with Crippen LogP contribution >= 0.6 is 0 Å². The standard InChI is InChI=1S/C19H19N5O/c1-13(19-22-15-6-2-3-7-16(15)23-19)20-18(25)10-9-14-12-24-11-5-4-8-17(24)21-14/h2-8,11-13H,9-10H2,1H3,(H,20,25)(H,22,23)/t13-/m1/s1. The average molecular weight is 333 g/mol. The zero-order valence-corrected chi connectivity index (χ0v) is 13.9. The molecule has 25 heavy (non-hydrogen) atoms. The molecule has 0 bridgehead atoms. The van der Waals surface area contributed by atoms with Gasteiger partial charge in [0, 0.05) is 18.8 Å².